The van der Waals surface area contributed by atoms with Gasteiger partial charge in [-0.05, 0) is 55.2 Å². The highest BCUT2D eigenvalue weighted by atomic mass is 35.5. The van der Waals surface area contributed by atoms with E-state index in [1.165, 1.54) is 16.4 Å². The summed E-state index contributed by atoms with van der Waals surface area (Å²) < 4.78 is 27.1. The predicted molar refractivity (Wildman–Crippen MR) is 116 cm³/mol. The molecule has 1 fully saturated rings. The number of piperidine rings is 1. The summed E-state index contributed by atoms with van der Waals surface area (Å²) in [6.07, 6.45) is 1.60. The highest BCUT2D eigenvalue weighted by molar-refractivity contribution is 7.89. The first kappa shape index (κ1) is 22.4. The summed E-state index contributed by atoms with van der Waals surface area (Å²) in [6, 6.07) is 11.9. The van der Waals surface area contributed by atoms with Crippen LogP contribution in [0.15, 0.2) is 47.4 Å². The number of rotatable bonds is 6. The molecule has 0 bridgehead atoms. The van der Waals surface area contributed by atoms with E-state index >= 15 is 0 Å². The molecule has 2 aromatic carbocycles. The van der Waals surface area contributed by atoms with Crippen molar-refractivity contribution in [3.63, 3.8) is 0 Å². The first-order valence-corrected chi connectivity index (χ1v) is 11.8. The molecule has 1 amide bonds. The minimum Gasteiger partial charge on any atom is -0.356 e. The highest BCUT2D eigenvalue weighted by Gasteiger charge is 2.33. The van der Waals surface area contributed by atoms with Crippen molar-refractivity contribution in [2.75, 3.05) is 19.6 Å². The molecule has 5 nitrogen and oxygen atoms in total. The summed E-state index contributed by atoms with van der Waals surface area (Å²) in [5, 5.41) is 4.04. The molecule has 3 rings (SSSR count). The lowest BCUT2D eigenvalue weighted by molar-refractivity contribution is -0.126. The maximum absolute atomic E-state index is 12.9. The van der Waals surface area contributed by atoms with Crippen molar-refractivity contribution in [2.45, 2.75) is 24.2 Å². The van der Waals surface area contributed by atoms with Crippen molar-refractivity contribution >= 4 is 50.7 Å². The normalized spacial score (nSPS) is 16.0. The van der Waals surface area contributed by atoms with E-state index in [0.29, 0.717) is 35.9 Å². The van der Waals surface area contributed by atoms with Crippen molar-refractivity contribution in [3.8, 4) is 0 Å². The molecule has 0 unspecified atom stereocenters. The topological polar surface area (TPSA) is 66.5 Å². The summed E-state index contributed by atoms with van der Waals surface area (Å²) in [5.74, 6) is -0.263. The van der Waals surface area contributed by atoms with Gasteiger partial charge in [0.2, 0.25) is 15.9 Å². The third-order valence-corrected chi connectivity index (χ3v) is 7.79. The van der Waals surface area contributed by atoms with E-state index in [-0.39, 0.29) is 34.8 Å². The Morgan fingerprint density at radius 2 is 1.72 bits per heavy atom. The molecule has 1 saturated heterocycles. The van der Waals surface area contributed by atoms with Crippen LogP contribution < -0.4 is 5.32 Å². The maximum Gasteiger partial charge on any atom is 0.244 e. The third kappa shape index (κ3) is 5.64. The van der Waals surface area contributed by atoms with Gasteiger partial charge in [0.1, 0.15) is 4.90 Å². The summed E-state index contributed by atoms with van der Waals surface area (Å²) in [4.78, 5) is 12.4. The molecule has 1 heterocycles. The molecule has 156 valence electrons. The molecule has 1 N–H and O–H groups in total. The molecular weight excluding hydrogens is 455 g/mol. The molecule has 0 aliphatic carbocycles. The number of sulfonamides is 1. The van der Waals surface area contributed by atoms with Gasteiger partial charge < -0.3 is 5.32 Å². The molecule has 0 radical (unpaired) electrons. The van der Waals surface area contributed by atoms with E-state index in [0.717, 1.165) is 5.56 Å². The lowest BCUT2D eigenvalue weighted by Crippen LogP contribution is -2.43. The second-order valence-corrected chi connectivity index (χ2v) is 10.1. The van der Waals surface area contributed by atoms with Gasteiger partial charge in [-0.3, -0.25) is 4.79 Å². The molecule has 29 heavy (non-hydrogen) atoms. The van der Waals surface area contributed by atoms with Crippen LogP contribution in [0.5, 0.6) is 0 Å². The van der Waals surface area contributed by atoms with Gasteiger partial charge in [-0.2, -0.15) is 4.31 Å². The zero-order chi connectivity index (χ0) is 21.0. The van der Waals surface area contributed by atoms with Crippen molar-refractivity contribution in [1.82, 2.24) is 9.62 Å². The standard InChI is InChI=1S/C20H21Cl3N2O3S/c21-16-3-1-2-14(12-16)6-9-24-20(26)15-7-10-25(11-8-15)29(27,28)19-13-17(22)4-5-18(19)23/h1-5,12-13,15H,6-11H2,(H,24,26). The molecule has 0 atom stereocenters. The average molecular weight is 476 g/mol. The van der Waals surface area contributed by atoms with E-state index in [4.69, 9.17) is 34.8 Å². The Morgan fingerprint density at radius 3 is 2.41 bits per heavy atom. The van der Waals surface area contributed by atoms with E-state index in [9.17, 15) is 13.2 Å². The fourth-order valence-corrected chi connectivity index (χ4v) is 5.76. The molecule has 0 saturated carbocycles. The Hall–Kier alpha value is -1.31. The zero-order valence-electron chi connectivity index (χ0n) is 15.6. The fraction of sp³-hybridized carbons (Fsp3) is 0.350. The minimum absolute atomic E-state index is 0.00362. The van der Waals surface area contributed by atoms with Crippen molar-refractivity contribution < 1.29 is 13.2 Å². The molecular formula is C20H21Cl3N2O3S. The number of amides is 1. The Bertz CT molecular complexity index is 990. The summed E-state index contributed by atoms with van der Waals surface area (Å²) in [5.41, 5.74) is 1.05. The van der Waals surface area contributed by atoms with Crippen molar-refractivity contribution in [3.05, 3.63) is 63.1 Å². The van der Waals surface area contributed by atoms with Crippen LogP contribution in [-0.2, 0) is 21.2 Å². The van der Waals surface area contributed by atoms with Crippen LogP contribution >= 0.6 is 34.8 Å². The number of hydrogen-bond donors (Lipinski definition) is 1. The van der Waals surface area contributed by atoms with Crippen LogP contribution in [0.3, 0.4) is 0 Å². The highest BCUT2D eigenvalue weighted by Crippen LogP contribution is 2.30. The number of nitrogens with one attached hydrogen (secondary N) is 1. The van der Waals surface area contributed by atoms with Gasteiger partial charge in [0.25, 0.3) is 0 Å². The number of carbonyl (C=O) groups excluding carboxylic acids is 1. The summed E-state index contributed by atoms with van der Waals surface area (Å²) in [7, 11) is -3.75. The van der Waals surface area contributed by atoms with Gasteiger partial charge in [-0.25, -0.2) is 8.42 Å². The van der Waals surface area contributed by atoms with E-state index in [1.807, 2.05) is 24.3 Å². The quantitative estimate of drug-likeness (QED) is 0.673. The van der Waals surface area contributed by atoms with E-state index in [2.05, 4.69) is 5.32 Å². The molecule has 9 heteroatoms. The predicted octanol–water partition coefficient (Wildman–Crippen LogP) is 4.41. The Morgan fingerprint density at radius 1 is 1.03 bits per heavy atom. The maximum atomic E-state index is 12.9. The van der Waals surface area contributed by atoms with Crippen LogP contribution in [0.1, 0.15) is 18.4 Å². The van der Waals surface area contributed by atoms with Gasteiger partial charge in [0, 0.05) is 35.6 Å². The monoisotopic (exact) mass is 474 g/mol. The van der Waals surface area contributed by atoms with Crippen molar-refractivity contribution in [2.24, 2.45) is 5.92 Å². The Labute approximate surface area is 186 Å². The number of halogens is 3. The smallest absolute Gasteiger partial charge is 0.244 e. The van der Waals surface area contributed by atoms with E-state index < -0.39 is 10.0 Å². The first-order valence-electron chi connectivity index (χ1n) is 9.25. The largest absolute Gasteiger partial charge is 0.356 e. The lowest BCUT2D eigenvalue weighted by Gasteiger charge is -2.30. The zero-order valence-corrected chi connectivity index (χ0v) is 18.7. The summed E-state index contributed by atoms with van der Waals surface area (Å²) >= 11 is 18.0. The minimum atomic E-state index is -3.75. The summed E-state index contributed by atoms with van der Waals surface area (Å²) in [6.45, 7) is 1.03. The van der Waals surface area contributed by atoms with Gasteiger partial charge in [-0.15, -0.1) is 0 Å². The average Bonchev–Trinajstić information content (AvgIpc) is 2.70. The first-order chi connectivity index (χ1) is 13.8. The molecule has 1 aliphatic heterocycles. The number of benzene rings is 2. The van der Waals surface area contributed by atoms with Crippen LogP contribution in [0.2, 0.25) is 15.1 Å². The second kappa shape index (κ2) is 9.67. The lowest BCUT2D eigenvalue weighted by atomic mass is 9.97. The van der Waals surface area contributed by atoms with Crippen LogP contribution in [-0.4, -0.2) is 38.3 Å². The van der Waals surface area contributed by atoms with Gasteiger partial charge in [-0.1, -0.05) is 46.9 Å². The number of nitrogens with zero attached hydrogens (tertiary/aromatic N) is 1. The van der Waals surface area contributed by atoms with Gasteiger partial charge in [0.15, 0.2) is 0 Å². The molecule has 0 aromatic heterocycles. The Balaban J connectivity index is 1.53. The SMILES string of the molecule is O=C(NCCc1cccc(Cl)c1)C1CCN(S(=O)(=O)c2cc(Cl)ccc2Cl)CC1. The molecule has 0 spiro atoms. The third-order valence-electron chi connectivity index (χ3n) is 4.94. The fourth-order valence-electron chi connectivity index (χ4n) is 3.34. The van der Waals surface area contributed by atoms with Crippen LogP contribution in [0, 0.1) is 5.92 Å². The Kier molecular flexibility index (Phi) is 7.46. The number of carbonyl (C=O) groups is 1. The van der Waals surface area contributed by atoms with E-state index in [1.54, 1.807) is 6.07 Å². The van der Waals surface area contributed by atoms with Crippen molar-refractivity contribution in [1.29, 1.82) is 0 Å². The van der Waals surface area contributed by atoms with Gasteiger partial charge in [0.05, 0.1) is 5.02 Å². The molecule has 1 aliphatic rings. The van der Waals surface area contributed by atoms with Gasteiger partial charge >= 0.3 is 0 Å². The van der Waals surface area contributed by atoms with Crippen LogP contribution in [0.25, 0.3) is 0 Å². The molecule has 2 aromatic rings. The second-order valence-electron chi connectivity index (χ2n) is 6.92. The number of hydrogen-bond acceptors (Lipinski definition) is 3. The van der Waals surface area contributed by atoms with Crippen LogP contribution in [0.4, 0.5) is 0 Å².